The van der Waals surface area contributed by atoms with Gasteiger partial charge in [0.1, 0.15) is 0 Å². The summed E-state index contributed by atoms with van der Waals surface area (Å²) in [6.45, 7) is 0. The van der Waals surface area contributed by atoms with Gasteiger partial charge in [0, 0.05) is 17.8 Å². The Morgan fingerprint density at radius 3 is 3.12 bits per heavy atom. The maximum absolute atomic E-state index is 12.1. The zero-order valence-corrected chi connectivity index (χ0v) is 9.49. The number of carbonyl (C=O) groups is 1. The van der Waals surface area contributed by atoms with Gasteiger partial charge in [-0.3, -0.25) is 9.89 Å². The second-order valence-electron chi connectivity index (χ2n) is 3.49. The Balaban J connectivity index is 1.98. The number of amides is 1. The lowest BCUT2D eigenvalue weighted by molar-refractivity contribution is 0.102. The second-order valence-corrected chi connectivity index (χ2v) is 4.29. The maximum Gasteiger partial charge on any atom is 0.257 e. The Morgan fingerprint density at radius 1 is 1.35 bits per heavy atom. The number of hydrogen-bond acceptors (Lipinski definition) is 4. The number of hydrogen-bond donors (Lipinski definition) is 2. The highest BCUT2D eigenvalue weighted by Crippen LogP contribution is 2.23. The first-order chi connectivity index (χ1) is 8.34. The van der Waals surface area contributed by atoms with Crippen LogP contribution in [0.5, 0.6) is 0 Å². The lowest BCUT2D eigenvalue weighted by Crippen LogP contribution is -2.11. The highest BCUT2D eigenvalue weighted by molar-refractivity contribution is 7.13. The zero-order valence-electron chi connectivity index (χ0n) is 8.68. The van der Waals surface area contributed by atoms with Gasteiger partial charge in [-0.15, -0.1) is 0 Å². The van der Waals surface area contributed by atoms with Crippen LogP contribution in [0.25, 0.3) is 10.1 Å². The van der Waals surface area contributed by atoms with Crippen molar-refractivity contribution >= 4 is 33.2 Å². The summed E-state index contributed by atoms with van der Waals surface area (Å²) in [6.07, 6.45) is 4.95. The van der Waals surface area contributed by atoms with Crippen LogP contribution < -0.4 is 5.32 Å². The molecule has 0 fully saturated rings. The van der Waals surface area contributed by atoms with Crippen molar-refractivity contribution in [3.63, 3.8) is 0 Å². The average molecular weight is 244 g/mol. The van der Waals surface area contributed by atoms with E-state index in [0.717, 1.165) is 10.1 Å². The molecular weight excluding hydrogens is 236 g/mol. The van der Waals surface area contributed by atoms with Crippen LogP contribution in [-0.4, -0.2) is 20.5 Å². The molecule has 0 atom stereocenters. The molecule has 0 aliphatic heterocycles. The predicted molar refractivity (Wildman–Crippen MR) is 66.2 cm³/mol. The first kappa shape index (κ1) is 9.98. The zero-order chi connectivity index (χ0) is 11.7. The van der Waals surface area contributed by atoms with Gasteiger partial charge in [0.25, 0.3) is 5.91 Å². The molecule has 0 unspecified atom stereocenters. The Labute approximate surface area is 101 Å². The van der Waals surface area contributed by atoms with Gasteiger partial charge < -0.3 is 5.32 Å². The highest BCUT2D eigenvalue weighted by Gasteiger charge is 2.11. The molecule has 1 aromatic carbocycles. The van der Waals surface area contributed by atoms with Gasteiger partial charge in [-0.05, 0) is 17.6 Å². The molecule has 1 amide bonds. The van der Waals surface area contributed by atoms with Crippen molar-refractivity contribution in [2.45, 2.75) is 0 Å². The molecule has 0 radical (unpaired) electrons. The van der Waals surface area contributed by atoms with E-state index in [0.29, 0.717) is 11.3 Å². The monoisotopic (exact) mass is 244 g/mol. The minimum atomic E-state index is -0.152. The molecule has 2 N–H and O–H groups in total. The molecule has 0 aliphatic rings. The van der Waals surface area contributed by atoms with E-state index >= 15 is 0 Å². The predicted octanol–water partition coefficient (Wildman–Crippen LogP) is 2.27. The van der Waals surface area contributed by atoms with E-state index in [1.807, 2.05) is 12.1 Å². The first-order valence-electron chi connectivity index (χ1n) is 4.98. The topological polar surface area (TPSA) is 70.7 Å². The number of H-pyrrole nitrogens is 1. The quantitative estimate of drug-likeness (QED) is 0.726. The van der Waals surface area contributed by atoms with Crippen LogP contribution in [0.4, 0.5) is 5.69 Å². The molecule has 0 saturated heterocycles. The van der Waals surface area contributed by atoms with Crippen LogP contribution in [0.1, 0.15) is 10.4 Å². The third-order valence-corrected chi connectivity index (χ3v) is 3.23. The van der Waals surface area contributed by atoms with Crippen molar-refractivity contribution in [3.05, 3.63) is 42.4 Å². The number of nitrogens with zero attached hydrogens (tertiary/aromatic N) is 2. The molecule has 6 heteroatoms. The second kappa shape index (κ2) is 3.99. The van der Waals surface area contributed by atoms with E-state index in [9.17, 15) is 4.79 Å². The number of nitrogens with one attached hydrogen (secondary N) is 2. The summed E-state index contributed by atoms with van der Waals surface area (Å²) in [5.74, 6) is -0.152. The van der Waals surface area contributed by atoms with Crippen LogP contribution >= 0.6 is 11.5 Å². The fraction of sp³-hybridized carbons (Fsp3) is 0. The van der Waals surface area contributed by atoms with Gasteiger partial charge >= 0.3 is 0 Å². The summed E-state index contributed by atoms with van der Waals surface area (Å²) in [5, 5.41) is 10.2. The Hall–Kier alpha value is -2.21. The smallest absolute Gasteiger partial charge is 0.257 e. The lowest BCUT2D eigenvalue weighted by Gasteiger charge is -2.02. The number of anilines is 1. The maximum atomic E-state index is 12.1. The summed E-state index contributed by atoms with van der Waals surface area (Å²) < 4.78 is 4.98. The Bertz CT molecular complexity index is 659. The summed E-state index contributed by atoms with van der Waals surface area (Å²) in [4.78, 5) is 12.1. The standard InChI is InChI=1S/C11H8N4OS/c16-11(15-8-5-12-13-6-8)9-3-1-2-7-4-14-17-10(7)9/h1-6H,(H,12,13)(H,15,16). The Morgan fingerprint density at radius 2 is 2.29 bits per heavy atom. The molecule has 0 bridgehead atoms. The van der Waals surface area contributed by atoms with Gasteiger partial charge in [-0.1, -0.05) is 12.1 Å². The SMILES string of the molecule is O=C(Nc1cn[nH]c1)c1cccc2cnsc12. The van der Waals surface area contributed by atoms with Crippen LogP contribution in [-0.2, 0) is 0 Å². The molecule has 0 aliphatic carbocycles. The van der Waals surface area contributed by atoms with Gasteiger partial charge in [-0.25, -0.2) is 0 Å². The summed E-state index contributed by atoms with van der Waals surface area (Å²) in [6, 6.07) is 5.57. The minimum absolute atomic E-state index is 0.152. The van der Waals surface area contributed by atoms with Gasteiger partial charge in [0.05, 0.1) is 22.1 Å². The minimum Gasteiger partial charge on any atom is -0.319 e. The van der Waals surface area contributed by atoms with E-state index in [2.05, 4.69) is 19.9 Å². The molecular formula is C11H8N4OS. The number of carbonyl (C=O) groups excluding carboxylic acids is 1. The van der Waals surface area contributed by atoms with Gasteiger partial charge in [0.2, 0.25) is 0 Å². The van der Waals surface area contributed by atoms with Crippen LogP contribution in [0.3, 0.4) is 0 Å². The van der Waals surface area contributed by atoms with E-state index < -0.39 is 0 Å². The molecule has 17 heavy (non-hydrogen) atoms. The molecule has 0 spiro atoms. The van der Waals surface area contributed by atoms with E-state index in [4.69, 9.17) is 0 Å². The Kier molecular flexibility index (Phi) is 2.34. The van der Waals surface area contributed by atoms with Gasteiger partial charge in [0.15, 0.2) is 0 Å². The first-order valence-corrected chi connectivity index (χ1v) is 5.75. The third-order valence-electron chi connectivity index (χ3n) is 2.38. The molecule has 2 aromatic heterocycles. The van der Waals surface area contributed by atoms with Crippen molar-refractivity contribution in [2.75, 3.05) is 5.32 Å². The summed E-state index contributed by atoms with van der Waals surface area (Å²) >= 11 is 1.32. The number of benzene rings is 1. The highest BCUT2D eigenvalue weighted by atomic mass is 32.1. The van der Waals surface area contributed by atoms with E-state index in [1.165, 1.54) is 11.5 Å². The van der Waals surface area contributed by atoms with E-state index in [-0.39, 0.29) is 5.91 Å². The normalized spacial score (nSPS) is 10.6. The fourth-order valence-corrected chi connectivity index (χ4v) is 2.35. The molecule has 3 aromatic rings. The summed E-state index contributed by atoms with van der Waals surface area (Å²) in [7, 11) is 0. The van der Waals surface area contributed by atoms with Crippen molar-refractivity contribution in [1.82, 2.24) is 14.6 Å². The van der Waals surface area contributed by atoms with Crippen molar-refractivity contribution < 1.29 is 4.79 Å². The molecule has 2 heterocycles. The van der Waals surface area contributed by atoms with Crippen LogP contribution in [0.2, 0.25) is 0 Å². The largest absolute Gasteiger partial charge is 0.319 e. The van der Waals surface area contributed by atoms with E-state index in [1.54, 1.807) is 24.7 Å². The number of fused-ring (bicyclic) bond motifs is 1. The van der Waals surface area contributed by atoms with Crippen LogP contribution in [0.15, 0.2) is 36.8 Å². The van der Waals surface area contributed by atoms with Gasteiger partial charge in [-0.2, -0.15) is 9.47 Å². The molecule has 3 rings (SSSR count). The van der Waals surface area contributed by atoms with Crippen molar-refractivity contribution in [2.24, 2.45) is 0 Å². The third kappa shape index (κ3) is 1.78. The average Bonchev–Trinajstić information content (AvgIpc) is 2.97. The van der Waals surface area contributed by atoms with Crippen molar-refractivity contribution in [1.29, 1.82) is 0 Å². The number of aromatic nitrogens is 3. The summed E-state index contributed by atoms with van der Waals surface area (Å²) in [5.41, 5.74) is 1.28. The molecule has 0 saturated carbocycles. The molecule has 5 nitrogen and oxygen atoms in total. The van der Waals surface area contributed by atoms with Crippen molar-refractivity contribution in [3.8, 4) is 0 Å². The fourth-order valence-electron chi connectivity index (χ4n) is 1.59. The molecule has 84 valence electrons. The lowest BCUT2D eigenvalue weighted by atomic mass is 10.1. The number of rotatable bonds is 2. The van der Waals surface area contributed by atoms with Crippen LogP contribution in [0, 0.1) is 0 Å². The number of aromatic amines is 1.